The lowest BCUT2D eigenvalue weighted by atomic mass is 9.86. The molecule has 2 atom stereocenters. The Hall–Kier alpha value is -1.68. The molecule has 0 spiro atoms. The third-order valence-corrected chi connectivity index (χ3v) is 2.71. The van der Waals surface area contributed by atoms with Crippen LogP contribution >= 0.6 is 0 Å². The second-order valence-electron chi connectivity index (χ2n) is 3.77. The maximum Gasteiger partial charge on any atom is 0.125 e. The van der Waals surface area contributed by atoms with Gasteiger partial charge in [0, 0.05) is 17.5 Å². The van der Waals surface area contributed by atoms with Gasteiger partial charge in [-0.25, -0.2) is 0 Å². The van der Waals surface area contributed by atoms with Gasteiger partial charge >= 0.3 is 0 Å². The molecule has 1 aromatic rings. The van der Waals surface area contributed by atoms with Crippen molar-refractivity contribution in [2.45, 2.75) is 13.0 Å². The van der Waals surface area contributed by atoms with Crippen LogP contribution in [-0.2, 0) is 0 Å². The van der Waals surface area contributed by atoms with Crippen molar-refractivity contribution in [1.29, 1.82) is 0 Å². The number of aliphatic hydroxyl groups excluding tert-OH is 2. The van der Waals surface area contributed by atoms with Gasteiger partial charge in [0.05, 0.1) is 11.9 Å². The van der Waals surface area contributed by atoms with Crippen molar-refractivity contribution >= 4 is 6.08 Å². The smallest absolute Gasteiger partial charge is 0.125 e. The number of hydrogen-bond acceptors (Lipinski definition) is 4. The topological polar surface area (TPSA) is 80.9 Å². The number of rotatable bonds is 0. The lowest BCUT2D eigenvalue weighted by molar-refractivity contribution is 0.106. The number of fused-ring (bicyclic) bond motifs is 1. The van der Waals surface area contributed by atoms with Crippen LogP contribution < -0.4 is 0 Å². The first-order valence-electron chi connectivity index (χ1n) is 4.65. The fourth-order valence-electron chi connectivity index (χ4n) is 1.79. The van der Waals surface area contributed by atoms with E-state index in [-0.39, 0.29) is 17.3 Å². The molecule has 0 amide bonds. The van der Waals surface area contributed by atoms with Crippen LogP contribution in [0.2, 0.25) is 0 Å². The Balaban J connectivity index is 2.67. The molecular formula is C11H12O4. The van der Waals surface area contributed by atoms with Gasteiger partial charge in [0.2, 0.25) is 0 Å². The van der Waals surface area contributed by atoms with E-state index in [2.05, 4.69) is 0 Å². The summed E-state index contributed by atoms with van der Waals surface area (Å²) in [6.07, 6.45) is 0.484. The molecule has 0 bridgehead atoms. The molecule has 80 valence electrons. The molecule has 2 unspecified atom stereocenters. The van der Waals surface area contributed by atoms with Gasteiger partial charge in [-0.3, -0.25) is 0 Å². The van der Waals surface area contributed by atoms with Gasteiger partial charge in [-0.2, -0.15) is 0 Å². The SMILES string of the molecule is CC1C(O)=Cc2cc(O)cc(O)c2C1O. The van der Waals surface area contributed by atoms with E-state index >= 15 is 0 Å². The molecule has 0 heterocycles. The van der Waals surface area contributed by atoms with Crippen LogP contribution in [0.15, 0.2) is 17.9 Å². The summed E-state index contributed by atoms with van der Waals surface area (Å²) in [6.45, 7) is 1.66. The highest BCUT2D eigenvalue weighted by molar-refractivity contribution is 5.65. The number of aromatic hydroxyl groups is 2. The van der Waals surface area contributed by atoms with Gasteiger partial charge in [-0.05, 0) is 17.7 Å². The van der Waals surface area contributed by atoms with Crippen LogP contribution in [0.1, 0.15) is 24.2 Å². The molecule has 1 aliphatic carbocycles. The van der Waals surface area contributed by atoms with Crippen molar-refractivity contribution < 1.29 is 20.4 Å². The van der Waals surface area contributed by atoms with Crippen molar-refractivity contribution in [1.82, 2.24) is 0 Å². The first kappa shape index (κ1) is 9.86. The Labute approximate surface area is 86.7 Å². The number of aliphatic hydroxyl groups is 2. The molecule has 0 saturated carbocycles. The first-order valence-corrected chi connectivity index (χ1v) is 4.65. The largest absolute Gasteiger partial charge is 0.512 e. The van der Waals surface area contributed by atoms with E-state index in [0.717, 1.165) is 0 Å². The molecule has 4 N–H and O–H groups in total. The number of phenols is 2. The Morgan fingerprint density at radius 2 is 1.80 bits per heavy atom. The summed E-state index contributed by atoms with van der Waals surface area (Å²) in [5.74, 6) is -0.668. The minimum absolute atomic E-state index is 0.0417. The quantitative estimate of drug-likeness (QED) is 0.523. The van der Waals surface area contributed by atoms with Crippen molar-refractivity contribution in [3.05, 3.63) is 29.0 Å². The van der Waals surface area contributed by atoms with Crippen LogP contribution in [0.3, 0.4) is 0 Å². The normalized spacial score (nSPS) is 24.5. The van der Waals surface area contributed by atoms with Crippen LogP contribution in [0.25, 0.3) is 6.08 Å². The summed E-state index contributed by atoms with van der Waals surface area (Å²) in [7, 11) is 0. The lowest BCUT2D eigenvalue weighted by Gasteiger charge is -2.26. The highest BCUT2D eigenvalue weighted by Crippen LogP contribution is 2.41. The zero-order valence-corrected chi connectivity index (χ0v) is 8.18. The Kier molecular flexibility index (Phi) is 2.08. The van der Waals surface area contributed by atoms with Crippen molar-refractivity contribution in [2.75, 3.05) is 0 Å². The molecule has 0 radical (unpaired) electrons. The zero-order chi connectivity index (χ0) is 11.2. The second-order valence-corrected chi connectivity index (χ2v) is 3.77. The van der Waals surface area contributed by atoms with Gasteiger partial charge in [0.15, 0.2) is 0 Å². The predicted octanol–water partition coefficient (Wildman–Crippen LogP) is 1.68. The van der Waals surface area contributed by atoms with Crippen molar-refractivity contribution in [3.8, 4) is 11.5 Å². The zero-order valence-electron chi connectivity index (χ0n) is 8.18. The highest BCUT2D eigenvalue weighted by Gasteiger charge is 2.29. The van der Waals surface area contributed by atoms with Gasteiger partial charge in [-0.1, -0.05) is 6.92 Å². The summed E-state index contributed by atoms with van der Waals surface area (Å²) in [5, 5.41) is 38.2. The summed E-state index contributed by atoms with van der Waals surface area (Å²) in [4.78, 5) is 0. The standard InChI is InChI=1S/C11H12O4/c1-5-8(13)3-6-2-7(12)4-9(14)10(6)11(5)15/h2-5,11-15H,1H3. The molecule has 0 fully saturated rings. The molecule has 4 heteroatoms. The summed E-state index contributed by atoms with van der Waals surface area (Å²) in [6, 6.07) is 2.56. The Morgan fingerprint density at radius 1 is 1.13 bits per heavy atom. The van der Waals surface area contributed by atoms with Gasteiger partial charge < -0.3 is 20.4 Å². The number of benzene rings is 1. The van der Waals surface area contributed by atoms with Crippen LogP contribution in [0.5, 0.6) is 11.5 Å². The summed E-state index contributed by atoms with van der Waals surface area (Å²) in [5.41, 5.74) is 0.786. The molecule has 4 nitrogen and oxygen atoms in total. The molecule has 1 aromatic carbocycles. The van der Waals surface area contributed by atoms with Gasteiger partial charge in [0.1, 0.15) is 11.5 Å². The fraction of sp³-hybridized carbons (Fsp3) is 0.273. The predicted molar refractivity (Wildman–Crippen MR) is 54.5 cm³/mol. The maximum absolute atomic E-state index is 9.83. The van der Waals surface area contributed by atoms with E-state index in [1.165, 1.54) is 18.2 Å². The summed E-state index contributed by atoms with van der Waals surface area (Å²) < 4.78 is 0. The number of phenolic OH excluding ortho intramolecular Hbond substituents is 2. The van der Waals surface area contributed by atoms with Crippen molar-refractivity contribution in [2.24, 2.45) is 5.92 Å². The summed E-state index contributed by atoms with van der Waals surface area (Å²) >= 11 is 0. The minimum atomic E-state index is -0.953. The second kappa shape index (κ2) is 3.17. The van der Waals surface area contributed by atoms with E-state index in [1.54, 1.807) is 6.92 Å². The molecule has 1 aliphatic rings. The van der Waals surface area contributed by atoms with Gasteiger partial charge in [0.25, 0.3) is 0 Å². The Bertz CT molecular complexity index is 436. The van der Waals surface area contributed by atoms with E-state index in [0.29, 0.717) is 11.1 Å². The molecule has 0 aromatic heterocycles. The molecule has 15 heavy (non-hydrogen) atoms. The fourth-order valence-corrected chi connectivity index (χ4v) is 1.79. The minimum Gasteiger partial charge on any atom is -0.512 e. The lowest BCUT2D eigenvalue weighted by Crippen LogP contribution is -2.16. The average Bonchev–Trinajstić information content (AvgIpc) is 2.13. The van der Waals surface area contributed by atoms with Crippen LogP contribution in [-0.4, -0.2) is 20.4 Å². The molecular weight excluding hydrogens is 196 g/mol. The van der Waals surface area contributed by atoms with E-state index in [9.17, 15) is 20.4 Å². The average molecular weight is 208 g/mol. The molecule has 0 aliphatic heterocycles. The Morgan fingerprint density at radius 3 is 2.47 bits per heavy atom. The number of hydrogen-bond donors (Lipinski definition) is 4. The third kappa shape index (κ3) is 1.43. The highest BCUT2D eigenvalue weighted by atomic mass is 16.3. The van der Waals surface area contributed by atoms with E-state index < -0.39 is 12.0 Å². The first-order chi connectivity index (χ1) is 7.00. The maximum atomic E-state index is 9.83. The van der Waals surface area contributed by atoms with Gasteiger partial charge in [-0.15, -0.1) is 0 Å². The van der Waals surface area contributed by atoms with Crippen LogP contribution in [0, 0.1) is 5.92 Å². The molecule has 0 saturated heterocycles. The van der Waals surface area contributed by atoms with E-state index in [4.69, 9.17) is 0 Å². The molecule has 2 rings (SSSR count). The van der Waals surface area contributed by atoms with E-state index in [1.807, 2.05) is 0 Å². The monoisotopic (exact) mass is 208 g/mol. The third-order valence-electron chi connectivity index (χ3n) is 2.71. The van der Waals surface area contributed by atoms with Crippen molar-refractivity contribution in [3.63, 3.8) is 0 Å². The van der Waals surface area contributed by atoms with Crippen LogP contribution in [0.4, 0.5) is 0 Å².